The molecule has 8 heavy (non-hydrogen) atoms. The average Bonchev–Trinajstić information content (AvgIpc) is 1.81. The smallest absolute Gasteiger partial charge is 0.295 e. The lowest BCUT2D eigenvalue weighted by molar-refractivity contribution is 0.0175. The largest absolute Gasteiger partial charge is 0.449 e. The zero-order valence-corrected chi connectivity index (χ0v) is 8.76. The van der Waals surface area contributed by atoms with Crippen molar-refractivity contribution in [3.63, 3.8) is 0 Å². The van der Waals surface area contributed by atoms with Crippen molar-refractivity contribution >= 4 is 20.5 Å². The Morgan fingerprint density at radius 1 is 1.62 bits per heavy atom. The minimum atomic E-state index is -0.662. The van der Waals surface area contributed by atoms with Gasteiger partial charge in [-0.3, -0.25) is 0 Å². The second-order valence-corrected chi connectivity index (χ2v) is 4.17. The lowest BCUT2D eigenvalue weighted by atomic mass is 10.9. The van der Waals surface area contributed by atoms with Crippen LogP contribution in [0.25, 0.3) is 0 Å². The summed E-state index contributed by atoms with van der Waals surface area (Å²) in [5, 5.41) is 0. The van der Waals surface area contributed by atoms with E-state index in [1.165, 1.54) is 0 Å². The van der Waals surface area contributed by atoms with Crippen LogP contribution in [0, 0.1) is 0 Å². The summed E-state index contributed by atoms with van der Waals surface area (Å²) in [6.07, 6.45) is 0. The van der Waals surface area contributed by atoms with Crippen LogP contribution in [0.3, 0.4) is 0 Å². The fourth-order valence-corrected chi connectivity index (χ4v) is 1.11. The first-order valence-corrected chi connectivity index (χ1v) is 4.53. The summed E-state index contributed by atoms with van der Waals surface area (Å²) in [6, 6.07) is 0. The van der Waals surface area contributed by atoms with Crippen LogP contribution in [0.2, 0.25) is 0 Å². The number of hydrogen-bond acceptors (Lipinski definition) is 3. The zero-order valence-electron chi connectivity index (χ0n) is 5.35. The molecule has 0 heterocycles. The Hall–Kier alpha value is 0.314. The molecule has 0 aliphatic heterocycles. The minimum absolute atomic E-state index is 0.408. The Morgan fingerprint density at radius 3 is 2.88 bits per heavy atom. The summed E-state index contributed by atoms with van der Waals surface area (Å²) in [7, 11) is 0.127. The SMILES string of the molecule is CCOCO[SiH2]O[SiH3]. The summed E-state index contributed by atoms with van der Waals surface area (Å²) >= 11 is 0. The van der Waals surface area contributed by atoms with Crippen LogP contribution in [-0.2, 0) is 13.3 Å². The second kappa shape index (κ2) is 7.31. The first-order chi connectivity index (χ1) is 3.91. The average molecular weight is 152 g/mol. The molecule has 0 aliphatic rings. The number of rotatable bonds is 5. The van der Waals surface area contributed by atoms with E-state index in [9.17, 15) is 0 Å². The van der Waals surface area contributed by atoms with Crippen molar-refractivity contribution in [2.24, 2.45) is 0 Å². The number of hydrogen-bond donors (Lipinski definition) is 0. The number of ether oxygens (including phenoxy) is 1. The van der Waals surface area contributed by atoms with Gasteiger partial charge in [0.1, 0.15) is 17.3 Å². The second-order valence-electron chi connectivity index (χ2n) is 1.22. The van der Waals surface area contributed by atoms with Crippen LogP contribution < -0.4 is 0 Å². The van der Waals surface area contributed by atoms with Crippen LogP contribution >= 0.6 is 0 Å². The van der Waals surface area contributed by atoms with E-state index in [2.05, 4.69) is 0 Å². The van der Waals surface area contributed by atoms with Gasteiger partial charge in [-0.15, -0.1) is 0 Å². The molecule has 0 aliphatic carbocycles. The van der Waals surface area contributed by atoms with Crippen LogP contribution in [0.4, 0.5) is 0 Å². The molecule has 0 aromatic carbocycles. The van der Waals surface area contributed by atoms with Crippen LogP contribution in [-0.4, -0.2) is 33.9 Å². The van der Waals surface area contributed by atoms with Gasteiger partial charge in [-0.2, -0.15) is 0 Å². The van der Waals surface area contributed by atoms with E-state index in [0.717, 1.165) is 17.1 Å². The fraction of sp³-hybridized carbons (Fsp3) is 1.00. The normalized spacial score (nSPS) is 11.6. The van der Waals surface area contributed by atoms with Gasteiger partial charge in [-0.25, -0.2) is 0 Å². The third-order valence-electron chi connectivity index (χ3n) is 0.572. The maximum absolute atomic E-state index is 4.95. The van der Waals surface area contributed by atoms with E-state index in [1.807, 2.05) is 6.92 Å². The summed E-state index contributed by atoms with van der Waals surface area (Å²) in [5.74, 6) is 0. The van der Waals surface area contributed by atoms with Gasteiger partial charge in [-0.05, 0) is 6.92 Å². The maximum atomic E-state index is 4.95. The predicted molar refractivity (Wildman–Crippen MR) is 37.1 cm³/mol. The highest BCUT2D eigenvalue weighted by Crippen LogP contribution is 1.73. The lowest BCUT2D eigenvalue weighted by Gasteiger charge is -2.00. The van der Waals surface area contributed by atoms with Gasteiger partial charge in [0.15, 0.2) is 0 Å². The first kappa shape index (κ1) is 8.31. The van der Waals surface area contributed by atoms with Crippen molar-refractivity contribution in [3.8, 4) is 0 Å². The molecule has 0 atom stereocenters. The zero-order chi connectivity index (χ0) is 6.24. The molecule has 0 amide bonds. The third-order valence-corrected chi connectivity index (χ3v) is 1.85. The van der Waals surface area contributed by atoms with Crippen molar-refractivity contribution in [2.45, 2.75) is 6.92 Å². The molecular weight excluding hydrogens is 140 g/mol. The molecule has 0 saturated carbocycles. The van der Waals surface area contributed by atoms with Crippen LogP contribution in [0.1, 0.15) is 6.92 Å². The summed E-state index contributed by atoms with van der Waals surface area (Å²) in [4.78, 5) is 0. The van der Waals surface area contributed by atoms with Crippen molar-refractivity contribution in [3.05, 3.63) is 0 Å². The lowest BCUT2D eigenvalue weighted by Crippen LogP contribution is -2.05. The van der Waals surface area contributed by atoms with E-state index < -0.39 is 10.0 Å². The Kier molecular flexibility index (Phi) is 7.60. The topological polar surface area (TPSA) is 27.7 Å². The molecule has 0 radical (unpaired) electrons. The third kappa shape index (κ3) is 6.31. The highest BCUT2D eigenvalue weighted by molar-refractivity contribution is 6.27. The summed E-state index contributed by atoms with van der Waals surface area (Å²) in [5.41, 5.74) is 0. The highest BCUT2D eigenvalue weighted by atomic mass is 28.3. The fourth-order valence-electron chi connectivity index (χ4n) is 0.260. The molecule has 0 bridgehead atoms. The van der Waals surface area contributed by atoms with Gasteiger partial charge in [0.2, 0.25) is 0 Å². The quantitative estimate of drug-likeness (QED) is 0.267. The van der Waals surface area contributed by atoms with Crippen molar-refractivity contribution in [2.75, 3.05) is 13.4 Å². The summed E-state index contributed by atoms with van der Waals surface area (Å²) < 4.78 is 14.7. The maximum Gasteiger partial charge on any atom is 0.295 e. The molecule has 3 nitrogen and oxygen atoms in total. The molecule has 5 heteroatoms. The van der Waals surface area contributed by atoms with Crippen molar-refractivity contribution < 1.29 is 13.3 Å². The Bertz CT molecular complexity index is 37.5. The standard InChI is InChI=1S/C3H12O3Si2/c1-2-4-3-5-8-6-7/h2-3,8H2,1,7H3. The molecule has 0 aromatic rings. The van der Waals surface area contributed by atoms with Crippen LogP contribution in [0.15, 0.2) is 0 Å². The van der Waals surface area contributed by atoms with Gasteiger partial charge in [-0.1, -0.05) is 0 Å². The van der Waals surface area contributed by atoms with Crippen molar-refractivity contribution in [1.29, 1.82) is 0 Å². The molecule has 0 rings (SSSR count). The van der Waals surface area contributed by atoms with Gasteiger partial charge in [0.05, 0.1) is 0 Å². The van der Waals surface area contributed by atoms with E-state index >= 15 is 0 Å². The monoisotopic (exact) mass is 152 g/mol. The van der Waals surface area contributed by atoms with Gasteiger partial charge in [0, 0.05) is 6.61 Å². The first-order valence-electron chi connectivity index (χ1n) is 2.56. The van der Waals surface area contributed by atoms with E-state index in [1.54, 1.807) is 0 Å². The van der Waals surface area contributed by atoms with Crippen molar-refractivity contribution in [1.82, 2.24) is 0 Å². The Labute approximate surface area is 54.9 Å². The molecule has 0 aromatic heterocycles. The minimum Gasteiger partial charge on any atom is -0.449 e. The van der Waals surface area contributed by atoms with Gasteiger partial charge < -0.3 is 13.3 Å². The van der Waals surface area contributed by atoms with E-state index in [-0.39, 0.29) is 0 Å². The molecule has 0 spiro atoms. The predicted octanol–water partition coefficient (Wildman–Crippen LogP) is -1.71. The Morgan fingerprint density at radius 2 is 2.38 bits per heavy atom. The van der Waals surface area contributed by atoms with Crippen LogP contribution in [0.5, 0.6) is 0 Å². The molecule has 0 unspecified atom stereocenters. The molecule has 0 fully saturated rings. The van der Waals surface area contributed by atoms with Gasteiger partial charge >= 0.3 is 0 Å². The van der Waals surface area contributed by atoms with E-state index in [0.29, 0.717) is 6.79 Å². The highest BCUT2D eigenvalue weighted by Gasteiger charge is 1.81. The summed E-state index contributed by atoms with van der Waals surface area (Å²) in [6.45, 7) is 3.06. The molecular formula is C3H12O3Si2. The molecule has 0 N–H and O–H groups in total. The Balaban J connectivity index is 2.53. The molecule has 50 valence electrons. The van der Waals surface area contributed by atoms with Gasteiger partial charge in [0.25, 0.3) is 10.0 Å². The van der Waals surface area contributed by atoms with E-state index in [4.69, 9.17) is 13.3 Å². The molecule has 0 saturated heterocycles.